The number of nitrogens with zero attached hydrogens (tertiary/aromatic N) is 2. The van der Waals surface area contributed by atoms with Crippen molar-refractivity contribution in [2.75, 3.05) is 5.88 Å². The van der Waals surface area contributed by atoms with Gasteiger partial charge < -0.3 is 0 Å². The van der Waals surface area contributed by atoms with Crippen molar-refractivity contribution in [2.24, 2.45) is 0 Å². The number of hydrogen-bond donors (Lipinski definition) is 0. The molecule has 1 atom stereocenters. The predicted octanol–water partition coefficient (Wildman–Crippen LogP) is 2.34. The first-order valence-corrected chi connectivity index (χ1v) is 7.58. The number of halogens is 1. The van der Waals surface area contributed by atoms with Crippen LogP contribution in [0.2, 0.25) is 0 Å². The molecule has 0 fully saturated rings. The molecule has 2 rings (SSSR count). The van der Waals surface area contributed by atoms with Crippen molar-refractivity contribution in [1.82, 2.24) is 9.97 Å². The van der Waals surface area contributed by atoms with Gasteiger partial charge in [-0.2, -0.15) is 0 Å². The van der Waals surface area contributed by atoms with Gasteiger partial charge in [0.25, 0.3) is 0 Å². The molecule has 0 aliphatic heterocycles. The molecule has 0 saturated carbocycles. The molecule has 1 aromatic carbocycles. The van der Waals surface area contributed by atoms with Crippen LogP contribution in [0.4, 0.5) is 0 Å². The van der Waals surface area contributed by atoms with Crippen LogP contribution in [-0.2, 0) is 9.84 Å². The number of sulfone groups is 1. The van der Waals surface area contributed by atoms with Crippen molar-refractivity contribution in [2.45, 2.75) is 24.1 Å². The van der Waals surface area contributed by atoms with Crippen LogP contribution in [0.25, 0.3) is 11.0 Å². The molecule has 0 aliphatic carbocycles. The highest BCUT2D eigenvalue weighted by atomic mass is 35.5. The Kier molecular flexibility index (Phi) is 3.54. The highest BCUT2D eigenvalue weighted by Crippen LogP contribution is 2.20. The molecule has 18 heavy (non-hydrogen) atoms. The molecule has 0 bridgehead atoms. The Morgan fingerprint density at radius 2 is 1.78 bits per heavy atom. The van der Waals surface area contributed by atoms with Crippen LogP contribution in [0.3, 0.4) is 0 Å². The first kappa shape index (κ1) is 13.2. The van der Waals surface area contributed by atoms with Crippen LogP contribution in [0.5, 0.6) is 0 Å². The van der Waals surface area contributed by atoms with Crippen molar-refractivity contribution >= 4 is 32.5 Å². The smallest absolute Gasteiger partial charge is 0.201 e. The summed E-state index contributed by atoms with van der Waals surface area (Å²) < 4.78 is 24.5. The van der Waals surface area contributed by atoms with Crippen molar-refractivity contribution in [3.8, 4) is 0 Å². The zero-order valence-corrected chi connectivity index (χ0v) is 11.7. The summed E-state index contributed by atoms with van der Waals surface area (Å²) in [6.45, 7) is 3.21. The molecular weight excluding hydrogens is 272 g/mol. The lowest BCUT2D eigenvalue weighted by molar-refractivity contribution is 0.583. The van der Waals surface area contributed by atoms with E-state index in [-0.39, 0.29) is 10.9 Å². The minimum absolute atomic E-state index is 0.0225. The number of alkyl halides is 1. The average molecular weight is 285 g/mol. The first-order valence-electron chi connectivity index (χ1n) is 5.50. The average Bonchev–Trinajstić information content (AvgIpc) is 2.36. The topological polar surface area (TPSA) is 59.9 Å². The quantitative estimate of drug-likeness (QED) is 0.812. The summed E-state index contributed by atoms with van der Waals surface area (Å²) in [5.41, 5.74) is 1.67. The third-order valence-corrected chi connectivity index (χ3v) is 5.52. The maximum Gasteiger partial charge on any atom is 0.201 e. The number of benzene rings is 1. The second kappa shape index (κ2) is 4.82. The van der Waals surface area contributed by atoms with E-state index in [2.05, 4.69) is 9.97 Å². The van der Waals surface area contributed by atoms with Gasteiger partial charge in [0, 0.05) is 5.88 Å². The third kappa shape index (κ3) is 2.20. The van der Waals surface area contributed by atoms with Crippen LogP contribution >= 0.6 is 11.6 Å². The Labute approximate surface area is 111 Å². The summed E-state index contributed by atoms with van der Waals surface area (Å²) in [5.74, 6) is 0.0380. The van der Waals surface area contributed by atoms with Gasteiger partial charge >= 0.3 is 0 Å². The molecule has 1 unspecified atom stereocenters. The van der Waals surface area contributed by atoms with E-state index in [0.717, 1.165) is 0 Å². The van der Waals surface area contributed by atoms with E-state index in [1.807, 2.05) is 6.07 Å². The summed E-state index contributed by atoms with van der Waals surface area (Å²) in [6, 6.07) is 7.18. The maximum absolute atomic E-state index is 12.2. The minimum Gasteiger partial charge on any atom is -0.248 e. The molecule has 1 heterocycles. The highest BCUT2D eigenvalue weighted by Gasteiger charge is 2.26. The van der Waals surface area contributed by atoms with Crippen molar-refractivity contribution in [3.63, 3.8) is 0 Å². The van der Waals surface area contributed by atoms with Crippen molar-refractivity contribution in [3.05, 3.63) is 30.0 Å². The summed E-state index contributed by atoms with van der Waals surface area (Å²) in [7, 11) is -3.52. The summed E-state index contributed by atoms with van der Waals surface area (Å²) in [6.07, 6.45) is 0. The number of rotatable bonds is 3. The molecule has 0 radical (unpaired) electrons. The third-order valence-electron chi connectivity index (χ3n) is 2.72. The lowest BCUT2D eigenvalue weighted by Crippen LogP contribution is -2.22. The lowest BCUT2D eigenvalue weighted by atomic mass is 10.3. The normalized spacial score (nSPS) is 13.7. The number of aryl methyl sites for hydroxylation is 1. The van der Waals surface area contributed by atoms with Crippen LogP contribution in [-0.4, -0.2) is 29.5 Å². The minimum atomic E-state index is -3.52. The van der Waals surface area contributed by atoms with Gasteiger partial charge in [-0.25, -0.2) is 18.4 Å². The molecule has 2 aromatic rings. The van der Waals surface area contributed by atoms with Crippen molar-refractivity contribution < 1.29 is 8.42 Å². The summed E-state index contributed by atoms with van der Waals surface area (Å²) >= 11 is 5.63. The number of aromatic nitrogens is 2. The predicted molar refractivity (Wildman–Crippen MR) is 71.6 cm³/mol. The molecule has 0 N–H and O–H groups in total. The fourth-order valence-corrected chi connectivity index (χ4v) is 3.34. The summed E-state index contributed by atoms with van der Waals surface area (Å²) in [4.78, 5) is 8.48. The van der Waals surface area contributed by atoms with Crippen LogP contribution in [0, 0.1) is 6.92 Å². The van der Waals surface area contributed by atoms with Crippen LogP contribution in [0.15, 0.2) is 29.3 Å². The van der Waals surface area contributed by atoms with Gasteiger partial charge in [0.05, 0.1) is 22.0 Å². The van der Waals surface area contributed by atoms with E-state index in [9.17, 15) is 8.42 Å². The molecule has 6 heteroatoms. The molecule has 0 amide bonds. The number of hydrogen-bond acceptors (Lipinski definition) is 4. The van der Waals surface area contributed by atoms with Gasteiger partial charge in [-0.05, 0) is 26.0 Å². The Morgan fingerprint density at radius 3 is 2.33 bits per heavy atom. The highest BCUT2D eigenvalue weighted by molar-refractivity contribution is 7.92. The molecular formula is C12H13ClN2O2S. The second-order valence-electron chi connectivity index (χ2n) is 4.11. The maximum atomic E-state index is 12.2. The Hall–Kier alpha value is -1.20. The molecule has 4 nitrogen and oxygen atoms in total. The Bertz CT molecular complexity index is 686. The molecule has 1 aromatic heterocycles. The van der Waals surface area contributed by atoms with E-state index in [4.69, 9.17) is 11.6 Å². The van der Waals surface area contributed by atoms with E-state index in [0.29, 0.717) is 16.7 Å². The van der Waals surface area contributed by atoms with Gasteiger partial charge in [0.1, 0.15) is 0 Å². The standard InChI is InChI=1S/C12H13ClN2O2S/c1-8(7-13)18(16,17)12-9(2)14-10-5-3-4-6-11(10)15-12/h3-6,8H,7H2,1-2H3. The monoisotopic (exact) mass is 284 g/mol. The van der Waals surface area contributed by atoms with Gasteiger partial charge in [-0.3, -0.25) is 0 Å². The van der Waals surface area contributed by atoms with E-state index >= 15 is 0 Å². The Balaban J connectivity index is 2.69. The van der Waals surface area contributed by atoms with Gasteiger partial charge in [-0.15, -0.1) is 11.6 Å². The lowest BCUT2D eigenvalue weighted by Gasteiger charge is -2.11. The van der Waals surface area contributed by atoms with Crippen molar-refractivity contribution in [1.29, 1.82) is 0 Å². The fraction of sp³-hybridized carbons (Fsp3) is 0.333. The fourth-order valence-electron chi connectivity index (χ4n) is 1.62. The molecule has 0 aliphatic rings. The van der Waals surface area contributed by atoms with E-state index in [1.165, 1.54) is 0 Å². The van der Waals surface area contributed by atoms with Crippen LogP contribution in [0.1, 0.15) is 12.6 Å². The largest absolute Gasteiger partial charge is 0.248 e. The van der Waals surface area contributed by atoms with Gasteiger partial charge in [-0.1, -0.05) is 12.1 Å². The van der Waals surface area contributed by atoms with Gasteiger partial charge in [0.2, 0.25) is 9.84 Å². The molecule has 96 valence electrons. The molecule has 0 spiro atoms. The SMILES string of the molecule is Cc1nc2ccccc2nc1S(=O)(=O)C(C)CCl. The number of para-hydroxylation sites is 2. The first-order chi connectivity index (χ1) is 8.46. The summed E-state index contributed by atoms with van der Waals surface area (Å²) in [5, 5.41) is -0.650. The van der Waals surface area contributed by atoms with Crippen LogP contribution < -0.4 is 0 Å². The zero-order valence-electron chi connectivity index (χ0n) is 10.1. The van der Waals surface area contributed by atoms with Gasteiger partial charge in [0.15, 0.2) is 5.03 Å². The number of fused-ring (bicyclic) bond motifs is 1. The molecule has 0 saturated heterocycles. The second-order valence-corrected chi connectivity index (χ2v) is 6.70. The van der Waals surface area contributed by atoms with E-state index in [1.54, 1.807) is 32.0 Å². The Morgan fingerprint density at radius 1 is 1.22 bits per heavy atom. The zero-order chi connectivity index (χ0) is 13.3. The van der Waals surface area contributed by atoms with E-state index < -0.39 is 15.1 Å².